The van der Waals surface area contributed by atoms with Crippen LogP contribution in [0.2, 0.25) is 0 Å². The van der Waals surface area contributed by atoms with E-state index in [0.717, 1.165) is 25.7 Å². The summed E-state index contributed by atoms with van der Waals surface area (Å²) in [6.07, 6.45) is 19.8. The second-order valence-electron chi connectivity index (χ2n) is 10.3. The zero-order chi connectivity index (χ0) is 26.6. The smallest absolute Gasteiger partial charge is 0.164 e. The van der Waals surface area contributed by atoms with Crippen molar-refractivity contribution in [1.82, 2.24) is 0 Å². The second-order valence-corrected chi connectivity index (χ2v) is 10.3. The number of methoxy groups -OCH3 is 1. The fourth-order valence-electron chi connectivity index (χ4n) is 4.51. The van der Waals surface area contributed by atoms with Crippen molar-refractivity contribution < 1.29 is 33.9 Å². The van der Waals surface area contributed by atoms with Gasteiger partial charge in [-0.3, -0.25) is 0 Å². The van der Waals surface area contributed by atoms with Gasteiger partial charge in [-0.15, -0.1) is 12.3 Å². The van der Waals surface area contributed by atoms with Crippen molar-refractivity contribution in [3.63, 3.8) is 0 Å². The number of ether oxygens (including phenoxy) is 5. The Hall–Kier alpha value is -1.50. The van der Waals surface area contributed by atoms with Crippen molar-refractivity contribution in [2.45, 2.75) is 102 Å². The summed E-state index contributed by atoms with van der Waals surface area (Å²) in [4.78, 5) is 0. The Balaban J connectivity index is 1.86. The zero-order valence-corrected chi connectivity index (χ0v) is 22.5. The molecular weight excluding hydrogens is 460 g/mol. The van der Waals surface area contributed by atoms with Crippen LogP contribution in [0.4, 0.5) is 0 Å². The van der Waals surface area contributed by atoms with Gasteiger partial charge in [0.05, 0.1) is 18.3 Å². The van der Waals surface area contributed by atoms with E-state index >= 15 is 0 Å². The molecule has 0 bridgehead atoms. The van der Waals surface area contributed by atoms with E-state index in [2.05, 4.69) is 18.1 Å². The molecule has 2 saturated heterocycles. The standard InChI is InChI=1S/C29H46O7/c1-7-12-22(3)27(31)28(33-20-32-6)26-18-17-23(34-26)14-9-11-16-25-24(35-29(4,5)36-25)15-10-8-13-21(2)19-30/h1,8,10-11,13,15-16,21-28,30-31H,9,12,14,17-20H2,2-6H3/b13-8?,15-10+,16-11+/t21-,22-,23+,24-,25-,26+,27-,28-/m1/s1. The molecule has 2 aliphatic rings. The van der Waals surface area contributed by atoms with Crippen molar-refractivity contribution >= 4 is 0 Å². The summed E-state index contributed by atoms with van der Waals surface area (Å²) in [5.74, 6) is 2.00. The molecular formula is C29H46O7. The molecule has 204 valence electrons. The van der Waals surface area contributed by atoms with Crippen LogP contribution in [0.3, 0.4) is 0 Å². The summed E-state index contributed by atoms with van der Waals surface area (Å²) in [7, 11) is 1.56. The molecule has 0 aromatic carbocycles. The highest BCUT2D eigenvalue weighted by atomic mass is 16.7. The first-order valence-electron chi connectivity index (χ1n) is 13.1. The van der Waals surface area contributed by atoms with Crippen LogP contribution in [0.25, 0.3) is 0 Å². The molecule has 2 rings (SSSR count). The van der Waals surface area contributed by atoms with Gasteiger partial charge in [-0.05, 0) is 51.4 Å². The number of rotatable bonds is 15. The van der Waals surface area contributed by atoms with E-state index in [0.29, 0.717) is 6.42 Å². The number of hydrogen-bond donors (Lipinski definition) is 2. The van der Waals surface area contributed by atoms with Crippen LogP contribution in [0.15, 0.2) is 36.5 Å². The molecule has 0 radical (unpaired) electrons. The van der Waals surface area contributed by atoms with Crippen LogP contribution in [0.5, 0.6) is 0 Å². The van der Waals surface area contributed by atoms with Gasteiger partial charge in [0.15, 0.2) is 5.79 Å². The Morgan fingerprint density at radius 3 is 2.53 bits per heavy atom. The van der Waals surface area contributed by atoms with Gasteiger partial charge in [-0.1, -0.05) is 50.3 Å². The predicted octanol–water partition coefficient (Wildman–Crippen LogP) is 4.14. The highest BCUT2D eigenvalue weighted by Gasteiger charge is 2.39. The van der Waals surface area contributed by atoms with E-state index in [1.165, 1.54) is 0 Å². The highest BCUT2D eigenvalue weighted by Crippen LogP contribution is 2.32. The minimum absolute atomic E-state index is 0.0871. The molecule has 0 aromatic heterocycles. The van der Waals surface area contributed by atoms with Gasteiger partial charge in [0, 0.05) is 20.1 Å². The Morgan fingerprint density at radius 1 is 1.14 bits per heavy atom. The van der Waals surface area contributed by atoms with Crippen molar-refractivity contribution in [1.29, 1.82) is 0 Å². The SMILES string of the molecule is C#CC[C@@H](C)[C@@H](O)[C@H](OCOC)[C@@H]1CC[C@H](CC/C=C/[C@H]2OC(C)(C)O[C@@H]2/C=C/C=C[C@@H](C)CO)O1. The van der Waals surface area contributed by atoms with E-state index < -0.39 is 18.0 Å². The second kappa shape index (κ2) is 15.7. The molecule has 2 heterocycles. The van der Waals surface area contributed by atoms with E-state index in [9.17, 15) is 5.11 Å². The average molecular weight is 507 g/mol. The fraction of sp³-hybridized carbons (Fsp3) is 0.724. The maximum absolute atomic E-state index is 10.8. The highest BCUT2D eigenvalue weighted by molar-refractivity contribution is 5.12. The first kappa shape index (κ1) is 30.7. The van der Waals surface area contributed by atoms with Gasteiger partial charge in [-0.2, -0.15) is 0 Å². The molecule has 0 unspecified atom stereocenters. The summed E-state index contributed by atoms with van der Waals surface area (Å²) in [5, 5.41) is 19.9. The van der Waals surface area contributed by atoms with E-state index in [-0.39, 0.29) is 49.7 Å². The average Bonchev–Trinajstić information content (AvgIpc) is 3.42. The monoisotopic (exact) mass is 506 g/mol. The van der Waals surface area contributed by atoms with Gasteiger partial charge in [0.1, 0.15) is 25.1 Å². The number of aliphatic hydroxyl groups is 2. The Kier molecular flexibility index (Phi) is 13.4. The van der Waals surface area contributed by atoms with Crippen molar-refractivity contribution in [3.05, 3.63) is 36.5 Å². The van der Waals surface area contributed by atoms with Gasteiger partial charge >= 0.3 is 0 Å². The first-order chi connectivity index (χ1) is 17.2. The summed E-state index contributed by atoms with van der Waals surface area (Å²) in [5.41, 5.74) is 0. The quantitative estimate of drug-likeness (QED) is 0.149. The normalized spacial score (nSPS) is 29.7. The number of terminal acetylenes is 1. The van der Waals surface area contributed by atoms with Crippen molar-refractivity contribution in [2.75, 3.05) is 20.5 Å². The van der Waals surface area contributed by atoms with Crippen LogP contribution in [0.1, 0.15) is 59.8 Å². The lowest BCUT2D eigenvalue weighted by Gasteiger charge is -2.31. The largest absolute Gasteiger partial charge is 0.396 e. The van der Waals surface area contributed by atoms with E-state index in [1.54, 1.807) is 7.11 Å². The third-order valence-corrected chi connectivity index (χ3v) is 6.53. The molecule has 0 saturated carbocycles. The number of allylic oxidation sites excluding steroid dienone is 3. The molecule has 36 heavy (non-hydrogen) atoms. The summed E-state index contributed by atoms with van der Waals surface area (Å²) < 4.78 is 29.2. The number of aliphatic hydroxyl groups excluding tert-OH is 2. The summed E-state index contributed by atoms with van der Waals surface area (Å²) >= 11 is 0. The van der Waals surface area contributed by atoms with Gasteiger partial charge in [-0.25, -0.2) is 0 Å². The fourth-order valence-corrected chi connectivity index (χ4v) is 4.51. The van der Waals surface area contributed by atoms with Crippen LogP contribution >= 0.6 is 0 Å². The third-order valence-electron chi connectivity index (χ3n) is 6.53. The molecule has 2 N–H and O–H groups in total. The van der Waals surface area contributed by atoms with Crippen molar-refractivity contribution in [2.24, 2.45) is 11.8 Å². The van der Waals surface area contributed by atoms with Gasteiger partial charge in [0.25, 0.3) is 0 Å². The molecule has 0 aromatic rings. The van der Waals surface area contributed by atoms with Crippen LogP contribution in [0, 0.1) is 24.2 Å². The molecule has 7 heteroatoms. The first-order valence-corrected chi connectivity index (χ1v) is 13.1. The molecule has 2 aliphatic heterocycles. The Bertz CT molecular complexity index is 753. The predicted molar refractivity (Wildman–Crippen MR) is 140 cm³/mol. The van der Waals surface area contributed by atoms with Crippen LogP contribution < -0.4 is 0 Å². The minimum atomic E-state index is -0.714. The molecule has 0 aliphatic carbocycles. The van der Waals surface area contributed by atoms with E-state index in [1.807, 2.05) is 52.0 Å². The molecule has 8 atom stereocenters. The van der Waals surface area contributed by atoms with Crippen LogP contribution in [-0.2, 0) is 23.7 Å². The van der Waals surface area contributed by atoms with Gasteiger partial charge < -0.3 is 33.9 Å². The Labute approximate surface area is 217 Å². The topological polar surface area (TPSA) is 86.6 Å². The summed E-state index contributed by atoms with van der Waals surface area (Å²) in [6.45, 7) is 7.94. The lowest BCUT2D eigenvalue weighted by molar-refractivity contribution is -0.169. The maximum atomic E-state index is 10.8. The maximum Gasteiger partial charge on any atom is 0.164 e. The molecule has 0 spiro atoms. The van der Waals surface area contributed by atoms with E-state index in [4.69, 9.17) is 35.2 Å². The molecule has 2 fully saturated rings. The number of hydrogen-bond acceptors (Lipinski definition) is 7. The lowest BCUT2D eigenvalue weighted by Crippen LogP contribution is -2.43. The lowest BCUT2D eigenvalue weighted by atomic mass is 9.92. The molecule has 7 nitrogen and oxygen atoms in total. The molecule has 0 amide bonds. The van der Waals surface area contributed by atoms with Gasteiger partial charge in [0.2, 0.25) is 0 Å². The van der Waals surface area contributed by atoms with Crippen LogP contribution in [-0.4, -0.2) is 73.1 Å². The minimum Gasteiger partial charge on any atom is -0.396 e. The van der Waals surface area contributed by atoms with Crippen molar-refractivity contribution in [3.8, 4) is 12.3 Å². The zero-order valence-electron chi connectivity index (χ0n) is 22.5. The summed E-state index contributed by atoms with van der Waals surface area (Å²) in [6, 6.07) is 0. The third kappa shape index (κ3) is 10.1. The Morgan fingerprint density at radius 2 is 1.86 bits per heavy atom.